The molecular formula is C22H14Br2N2O3S. The molecule has 0 aliphatic heterocycles. The monoisotopic (exact) mass is 544 g/mol. The van der Waals surface area contributed by atoms with E-state index in [9.17, 15) is 9.59 Å². The number of benzene rings is 3. The first kappa shape index (κ1) is 20.7. The van der Waals surface area contributed by atoms with E-state index in [4.69, 9.17) is 4.74 Å². The van der Waals surface area contributed by atoms with Gasteiger partial charge in [0.25, 0.3) is 5.91 Å². The average Bonchev–Trinajstić information content (AvgIpc) is 3.18. The molecule has 30 heavy (non-hydrogen) atoms. The third kappa shape index (κ3) is 4.61. The minimum absolute atomic E-state index is 0.370. The van der Waals surface area contributed by atoms with Gasteiger partial charge in [0.15, 0.2) is 6.61 Å². The topological polar surface area (TPSA) is 68.3 Å². The number of fused-ring (bicyclic) bond motifs is 1. The quantitative estimate of drug-likeness (QED) is 0.299. The van der Waals surface area contributed by atoms with Crippen molar-refractivity contribution in [1.29, 1.82) is 0 Å². The van der Waals surface area contributed by atoms with Gasteiger partial charge >= 0.3 is 5.97 Å². The van der Waals surface area contributed by atoms with E-state index >= 15 is 0 Å². The summed E-state index contributed by atoms with van der Waals surface area (Å²) in [6, 6.07) is 20.3. The average molecular weight is 546 g/mol. The first-order valence-corrected chi connectivity index (χ1v) is 11.3. The molecule has 3 aromatic carbocycles. The second-order valence-electron chi connectivity index (χ2n) is 6.28. The fourth-order valence-corrected chi connectivity index (χ4v) is 4.97. The molecule has 1 aromatic heterocycles. The van der Waals surface area contributed by atoms with Gasteiger partial charge in [-0.15, -0.1) is 11.3 Å². The molecule has 1 N–H and O–H groups in total. The van der Waals surface area contributed by atoms with Crippen LogP contribution in [0.25, 0.3) is 20.8 Å². The predicted octanol–water partition coefficient (Wildman–Crippen LogP) is 6.28. The van der Waals surface area contributed by atoms with Gasteiger partial charge in [0.2, 0.25) is 0 Å². The van der Waals surface area contributed by atoms with Crippen LogP contribution in [-0.2, 0) is 9.53 Å². The summed E-state index contributed by atoms with van der Waals surface area (Å²) in [6.45, 7) is -0.393. The molecule has 0 aliphatic rings. The predicted molar refractivity (Wildman–Crippen MR) is 126 cm³/mol. The van der Waals surface area contributed by atoms with Crippen LogP contribution in [0, 0.1) is 0 Å². The summed E-state index contributed by atoms with van der Waals surface area (Å²) in [4.78, 5) is 29.5. The van der Waals surface area contributed by atoms with Crippen LogP contribution in [0.3, 0.4) is 0 Å². The largest absolute Gasteiger partial charge is 0.452 e. The fraction of sp³-hybridized carbons (Fsp3) is 0.0455. The number of carbonyl (C=O) groups is 2. The number of halogens is 2. The molecule has 0 aliphatic carbocycles. The number of esters is 1. The van der Waals surface area contributed by atoms with Crippen LogP contribution in [0.4, 0.5) is 5.69 Å². The van der Waals surface area contributed by atoms with Crippen LogP contribution in [0.2, 0.25) is 0 Å². The number of nitrogens with one attached hydrogen (secondary N) is 1. The van der Waals surface area contributed by atoms with Gasteiger partial charge < -0.3 is 10.1 Å². The molecular weight excluding hydrogens is 532 g/mol. The summed E-state index contributed by atoms with van der Waals surface area (Å²) < 4.78 is 7.90. The molecule has 0 bridgehead atoms. The number of para-hydroxylation sites is 1. The summed E-state index contributed by atoms with van der Waals surface area (Å²) in [6.07, 6.45) is 0. The van der Waals surface area contributed by atoms with E-state index < -0.39 is 18.5 Å². The zero-order valence-corrected chi connectivity index (χ0v) is 19.4. The van der Waals surface area contributed by atoms with Gasteiger partial charge in [0, 0.05) is 14.5 Å². The lowest BCUT2D eigenvalue weighted by Gasteiger charge is -2.10. The van der Waals surface area contributed by atoms with Crippen LogP contribution in [0.1, 0.15) is 10.4 Å². The lowest BCUT2D eigenvalue weighted by atomic mass is 10.1. The summed E-state index contributed by atoms with van der Waals surface area (Å²) in [5.74, 6) is -1.00. The molecule has 0 atom stereocenters. The number of aromatic nitrogens is 1. The summed E-state index contributed by atoms with van der Waals surface area (Å²) in [5.41, 5.74) is 2.52. The van der Waals surface area contributed by atoms with Crippen molar-refractivity contribution in [2.75, 3.05) is 11.9 Å². The maximum absolute atomic E-state index is 12.7. The van der Waals surface area contributed by atoms with E-state index in [0.717, 1.165) is 24.2 Å². The molecule has 4 aromatic rings. The second kappa shape index (κ2) is 9.07. The molecule has 5 nitrogen and oxygen atoms in total. The number of carbonyl (C=O) groups excluding carboxylic acids is 2. The Morgan fingerprint density at radius 1 is 1.00 bits per heavy atom. The number of hydrogen-bond donors (Lipinski definition) is 1. The highest BCUT2D eigenvalue weighted by atomic mass is 79.9. The lowest BCUT2D eigenvalue weighted by molar-refractivity contribution is -0.119. The lowest BCUT2D eigenvalue weighted by Crippen LogP contribution is -2.21. The Labute approximate surface area is 193 Å². The van der Waals surface area contributed by atoms with E-state index in [1.54, 1.807) is 24.3 Å². The van der Waals surface area contributed by atoms with Crippen molar-refractivity contribution in [1.82, 2.24) is 4.98 Å². The number of ether oxygens (including phenoxy) is 1. The number of anilines is 1. The first-order valence-electron chi connectivity index (χ1n) is 8.88. The van der Waals surface area contributed by atoms with Gasteiger partial charge in [0.1, 0.15) is 5.01 Å². The summed E-state index contributed by atoms with van der Waals surface area (Å²) in [7, 11) is 0. The number of amides is 1. The van der Waals surface area contributed by atoms with Gasteiger partial charge in [-0.3, -0.25) is 4.79 Å². The highest BCUT2D eigenvalue weighted by Crippen LogP contribution is 2.32. The molecule has 0 saturated carbocycles. The maximum Gasteiger partial charge on any atom is 0.339 e. The third-order valence-electron chi connectivity index (χ3n) is 4.21. The molecule has 8 heteroatoms. The highest BCUT2D eigenvalue weighted by molar-refractivity contribution is 9.11. The van der Waals surface area contributed by atoms with E-state index in [1.807, 2.05) is 42.5 Å². The number of rotatable bonds is 5. The molecule has 150 valence electrons. The van der Waals surface area contributed by atoms with E-state index in [1.165, 1.54) is 11.3 Å². The number of hydrogen-bond acceptors (Lipinski definition) is 5. The smallest absolute Gasteiger partial charge is 0.339 e. The summed E-state index contributed by atoms with van der Waals surface area (Å²) in [5, 5.41) is 3.44. The van der Waals surface area contributed by atoms with Crippen LogP contribution < -0.4 is 5.32 Å². The zero-order chi connectivity index (χ0) is 21.1. The molecule has 0 fully saturated rings. The zero-order valence-electron chi connectivity index (χ0n) is 15.4. The Balaban J connectivity index is 1.48. The SMILES string of the molecule is O=C(COC(=O)c1ccccc1-c1nc2ccccc2s1)Nc1ccc(Br)cc1Br. The molecule has 0 unspecified atom stereocenters. The number of nitrogens with zero attached hydrogens (tertiary/aromatic N) is 1. The van der Waals surface area contributed by atoms with Gasteiger partial charge in [0.05, 0.1) is 21.5 Å². The van der Waals surface area contributed by atoms with Crippen LogP contribution in [-0.4, -0.2) is 23.5 Å². The van der Waals surface area contributed by atoms with Crippen molar-refractivity contribution in [2.24, 2.45) is 0 Å². The number of thiazole rings is 1. The van der Waals surface area contributed by atoms with Crippen molar-refractivity contribution in [3.05, 3.63) is 81.2 Å². The Hall–Kier alpha value is -2.55. The van der Waals surface area contributed by atoms with E-state index in [2.05, 4.69) is 42.2 Å². The Morgan fingerprint density at radius 2 is 1.77 bits per heavy atom. The van der Waals surface area contributed by atoms with Gasteiger partial charge in [-0.05, 0) is 52.3 Å². The van der Waals surface area contributed by atoms with Gasteiger partial charge in [-0.1, -0.05) is 46.3 Å². The van der Waals surface area contributed by atoms with Crippen molar-refractivity contribution in [3.63, 3.8) is 0 Å². The van der Waals surface area contributed by atoms with Gasteiger partial charge in [-0.2, -0.15) is 0 Å². The van der Waals surface area contributed by atoms with Crippen LogP contribution in [0.15, 0.2) is 75.7 Å². The molecule has 0 spiro atoms. The molecule has 0 saturated heterocycles. The minimum Gasteiger partial charge on any atom is -0.452 e. The van der Waals surface area contributed by atoms with Crippen LogP contribution >= 0.6 is 43.2 Å². The Bertz CT molecular complexity index is 1220. The molecule has 1 heterocycles. The third-order valence-corrected chi connectivity index (χ3v) is 6.43. The molecule has 1 amide bonds. The normalized spacial score (nSPS) is 10.7. The Kier molecular flexibility index (Phi) is 6.26. The van der Waals surface area contributed by atoms with E-state index in [0.29, 0.717) is 16.8 Å². The fourth-order valence-electron chi connectivity index (χ4n) is 2.82. The second-order valence-corrected chi connectivity index (χ2v) is 9.08. The van der Waals surface area contributed by atoms with E-state index in [-0.39, 0.29) is 0 Å². The summed E-state index contributed by atoms with van der Waals surface area (Å²) >= 11 is 8.25. The van der Waals surface area contributed by atoms with Crippen molar-refractivity contribution in [3.8, 4) is 10.6 Å². The highest BCUT2D eigenvalue weighted by Gasteiger charge is 2.18. The maximum atomic E-state index is 12.7. The van der Waals surface area contributed by atoms with Crippen LogP contribution in [0.5, 0.6) is 0 Å². The molecule has 0 radical (unpaired) electrons. The van der Waals surface area contributed by atoms with Crippen molar-refractivity contribution in [2.45, 2.75) is 0 Å². The first-order chi connectivity index (χ1) is 14.5. The minimum atomic E-state index is -0.574. The molecule has 4 rings (SSSR count). The van der Waals surface area contributed by atoms with Gasteiger partial charge in [-0.25, -0.2) is 9.78 Å². The van der Waals surface area contributed by atoms with Crippen molar-refractivity contribution < 1.29 is 14.3 Å². The Morgan fingerprint density at radius 3 is 2.57 bits per heavy atom. The standard InChI is InChI=1S/C22H14Br2N2O3S/c23-13-9-10-17(16(24)11-13)25-20(27)12-29-22(28)15-6-2-1-5-14(15)21-26-18-7-3-4-8-19(18)30-21/h1-11H,12H2,(H,25,27). The van der Waals surface area contributed by atoms with Crippen molar-refractivity contribution >= 4 is 71.0 Å².